The molecule has 5 heteroatoms. The van der Waals surface area contributed by atoms with E-state index in [1.165, 1.54) is 24.8 Å². The largest absolute Gasteiger partial charge is 0.481 e. The molecule has 2 aromatic carbocycles. The van der Waals surface area contributed by atoms with Crippen molar-refractivity contribution in [3.63, 3.8) is 0 Å². The number of aliphatic carboxylic acids is 1. The molecule has 1 atom stereocenters. The Kier molecular flexibility index (Phi) is 8.75. The van der Waals surface area contributed by atoms with Gasteiger partial charge in [-0.25, -0.2) is 0 Å². The summed E-state index contributed by atoms with van der Waals surface area (Å²) in [6.07, 6.45) is 7.69. The Hall–Kier alpha value is -2.14. The van der Waals surface area contributed by atoms with Gasteiger partial charge in [0.1, 0.15) is 0 Å². The molecule has 0 spiro atoms. The molecule has 1 N–H and O–H groups in total. The number of hydrogen-bond donors (Lipinski definition) is 1. The van der Waals surface area contributed by atoms with E-state index >= 15 is 0 Å². The molecular weight excluding hydrogens is 478 g/mol. The van der Waals surface area contributed by atoms with Crippen LogP contribution in [0.2, 0.25) is 0 Å². The summed E-state index contributed by atoms with van der Waals surface area (Å²) >= 11 is 3.56. The van der Waals surface area contributed by atoms with Gasteiger partial charge in [-0.1, -0.05) is 66.7 Å². The highest BCUT2D eigenvalue weighted by molar-refractivity contribution is 9.09. The zero-order valence-corrected chi connectivity index (χ0v) is 21.9. The van der Waals surface area contributed by atoms with Crippen LogP contribution < -0.4 is 5.43 Å². The maximum absolute atomic E-state index is 14.1. The molecule has 4 nitrogen and oxygen atoms in total. The predicted octanol–water partition coefficient (Wildman–Crippen LogP) is 7.26. The van der Waals surface area contributed by atoms with Crippen molar-refractivity contribution in [2.24, 2.45) is 0 Å². The SMILES string of the molecule is CCCCCCCc1cc(C)c(C)c2c1c(=O)c1c(C(C)C(=O)O)cccc1n2CCCBr. The number of fused-ring (bicyclic) bond motifs is 2. The van der Waals surface area contributed by atoms with Gasteiger partial charge in [0.2, 0.25) is 0 Å². The van der Waals surface area contributed by atoms with Gasteiger partial charge in [-0.05, 0) is 68.4 Å². The van der Waals surface area contributed by atoms with Gasteiger partial charge in [-0.2, -0.15) is 0 Å². The average molecular weight is 515 g/mol. The third-order valence-electron chi connectivity index (χ3n) is 6.89. The number of pyridine rings is 1. The van der Waals surface area contributed by atoms with E-state index in [1.54, 1.807) is 13.0 Å². The maximum Gasteiger partial charge on any atom is 0.310 e. The van der Waals surface area contributed by atoms with Gasteiger partial charge in [-0.15, -0.1) is 0 Å². The van der Waals surface area contributed by atoms with Crippen molar-refractivity contribution in [1.29, 1.82) is 0 Å². The van der Waals surface area contributed by atoms with E-state index in [0.717, 1.165) is 65.1 Å². The summed E-state index contributed by atoms with van der Waals surface area (Å²) in [4.78, 5) is 25.9. The second-order valence-electron chi connectivity index (χ2n) is 9.19. The lowest BCUT2D eigenvalue weighted by Crippen LogP contribution is -2.19. The summed E-state index contributed by atoms with van der Waals surface area (Å²) in [5, 5.41) is 11.9. The van der Waals surface area contributed by atoms with Crippen LogP contribution in [0.1, 0.15) is 80.5 Å². The molecule has 33 heavy (non-hydrogen) atoms. The number of unbranched alkanes of at least 4 members (excludes halogenated alkanes) is 4. The van der Waals surface area contributed by atoms with Crippen molar-refractivity contribution in [3.8, 4) is 0 Å². The fourth-order valence-corrected chi connectivity index (χ4v) is 5.15. The van der Waals surface area contributed by atoms with Crippen LogP contribution in [0.3, 0.4) is 0 Å². The summed E-state index contributed by atoms with van der Waals surface area (Å²) in [6, 6.07) is 7.83. The van der Waals surface area contributed by atoms with Gasteiger partial charge < -0.3 is 9.67 Å². The number of alkyl halides is 1. The zero-order chi connectivity index (χ0) is 24.1. The van der Waals surface area contributed by atoms with Crippen LogP contribution in [0.15, 0.2) is 29.1 Å². The molecule has 3 rings (SSSR count). The van der Waals surface area contributed by atoms with E-state index in [2.05, 4.69) is 47.3 Å². The van der Waals surface area contributed by atoms with E-state index < -0.39 is 11.9 Å². The molecule has 178 valence electrons. The van der Waals surface area contributed by atoms with Gasteiger partial charge in [0.05, 0.1) is 22.3 Å². The molecule has 0 aliphatic rings. The van der Waals surface area contributed by atoms with E-state index in [0.29, 0.717) is 10.9 Å². The Morgan fingerprint density at radius 2 is 1.82 bits per heavy atom. The molecule has 3 aromatic rings. The smallest absolute Gasteiger partial charge is 0.310 e. The first-order valence-corrected chi connectivity index (χ1v) is 13.3. The van der Waals surface area contributed by atoms with Crippen molar-refractivity contribution < 1.29 is 9.90 Å². The second kappa shape index (κ2) is 11.3. The summed E-state index contributed by atoms with van der Waals surface area (Å²) in [6.45, 7) is 8.87. The van der Waals surface area contributed by atoms with E-state index in [1.807, 2.05) is 12.1 Å². The van der Waals surface area contributed by atoms with Crippen molar-refractivity contribution in [2.45, 2.75) is 85.1 Å². The summed E-state index contributed by atoms with van der Waals surface area (Å²) < 4.78 is 2.26. The first-order valence-electron chi connectivity index (χ1n) is 12.2. The fraction of sp³-hybridized carbons (Fsp3) is 0.500. The minimum absolute atomic E-state index is 0.0227. The molecule has 0 bridgehead atoms. The minimum atomic E-state index is -0.912. The number of hydrogen-bond acceptors (Lipinski definition) is 2. The topological polar surface area (TPSA) is 59.3 Å². The van der Waals surface area contributed by atoms with Gasteiger partial charge in [0.15, 0.2) is 5.43 Å². The van der Waals surface area contributed by atoms with Crippen molar-refractivity contribution in [1.82, 2.24) is 4.57 Å². The minimum Gasteiger partial charge on any atom is -0.481 e. The maximum atomic E-state index is 14.1. The van der Waals surface area contributed by atoms with Crippen molar-refractivity contribution in [2.75, 3.05) is 5.33 Å². The third-order valence-corrected chi connectivity index (χ3v) is 7.45. The lowest BCUT2D eigenvalue weighted by molar-refractivity contribution is -0.138. The highest BCUT2D eigenvalue weighted by atomic mass is 79.9. The summed E-state index contributed by atoms with van der Waals surface area (Å²) in [5.74, 6) is -1.65. The quantitative estimate of drug-likeness (QED) is 0.166. The molecule has 0 fully saturated rings. The Balaban J connectivity index is 2.36. The lowest BCUT2D eigenvalue weighted by Gasteiger charge is -2.22. The second-order valence-corrected chi connectivity index (χ2v) is 9.98. The first kappa shape index (κ1) is 25.5. The molecule has 1 heterocycles. The van der Waals surface area contributed by atoms with Crippen LogP contribution in [0, 0.1) is 13.8 Å². The third kappa shape index (κ3) is 5.18. The van der Waals surface area contributed by atoms with Gasteiger partial charge in [-0.3, -0.25) is 9.59 Å². The van der Waals surface area contributed by atoms with Crippen LogP contribution in [0.4, 0.5) is 0 Å². The molecule has 1 unspecified atom stereocenters. The number of halogens is 1. The van der Waals surface area contributed by atoms with Crippen LogP contribution in [-0.4, -0.2) is 21.0 Å². The normalized spacial score (nSPS) is 12.5. The zero-order valence-electron chi connectivity index (χ0n) is 20.3. The number of aromatic nitrogens is 1. The molecule has 0 saturated heterocycles. The number of carboxylic acids is 1. The van der Waals surface area contributed by atoms with Crippen LogP contribution >= 0.6 is 15.9 Å². The highest BCUT2D eigenvalue weighted by Crippen LogP contribution is 2.32. The Morgan fingerprint density at radius 3 is 2.48 bits per heavy atom. The molecule has 1 aromatic heterocycles. The number of rotatable bonds is 11. The van der Waals surface area contributed by atoms with Crippen LogP contribution in [0.25, 0.3) is 21.8 Å². The molecule has 0 aliphatic carbocycles. The predicted molar refractivity (Wildman–Crippen MR) is 142 cm³/mol. The van der Waals surface area contributed by atoms with E-state index in [9.17, 15) is 14.7 Å². The number of carbonyl (C=O) groups is 1. The Morgan fingerprint density at radius 1 is 1.09 bits per heavy atom. The number of carboxylic acid groups (broad SMARTS) is 1. The summed E-state index contributed by atoms with van der Waals surface area (Å²) in [5.41, 5.74) is 5.86. The molecule has 0 aliphatic heterocycles. The van der Waals surface area contributed by atoms with Crippen molar-refractivity contribution in [3.05, 3.63) is 56.7 Å². The lowest BCUT2D eigenvalue weighted by atomic mass is 9.91. The van der Waals surface area contributed by atoms with E-state index in [4.69, 9.17) is 0 Å². The molecule has 0 saturated carbocycles. The van der Waals surface area contributed by atoms with Gasteiger partial charge in [0, 0.05) is 17.3 Å². The first-order chi connectivity index (χ1) is 15.8. The Labute approximate surface area is 205 Å². The van der Waals surface area contributed by atoms with Crippen molar-refractivity contribution >= 4 is 43.7 Å². The number of nitrogens with zero attached hydrogens (tertiary/aromatic N) is 1. The average Bonchev–Trinajstić information content (AvgIpc) is 2.80. The number of benzene rings is 2. The summed E-state index contributed by atoms with van der Waals surface area (Å²) in [7, 11) is 0. The standard InChI is InChI=1S/C28H36BrNO3/c1-5-6-7-8-9-12-21-17-18(2)19(3)26-24(21)27(31)25-22(20(4)28(32)33)13-10-14-23(25)30(26)16-11-15-29/h10,13-14,17,20H,5-9,11-12,15-16H2,1-4H3,(H,32,33). The molecular formula is C28H36BrNO3. The molecule has 0 amide bonds. The Bertz CT molecular complexity index is 1210. The number of aryl methyl sites for hydroxylation is 4. The van der Waals surface area contributed by atoms with Gasteiger partial charge in [0.25, 0.3) is 0 Å². The van der Waals surface area contributed by atoms with Crippen LogP contribution in [0.5, 0.6) is 0 Å². The van der Waals surface area contributed by atoms with Crippen LogP contribution in [-0.2, 0) is 17.8 Å². The monoisotopic (exact) mass is 513 g/mol. The van der Waals surface area contributed by atoms with Gasteiger partial charge >= 0.3 is 5.97 Å². The molecule has 0 radical (unpaired) electrons. The highest BCUT2D eigenvalue weighted by Gasteiger charge is 2.23. The fourth-order valence-electron chi connectivity index (χ4n) is 4.89. The van der Waals surface area contributed by atoms with E-state index in [-0.39, 0.29) is 5.43 Å².